The molecule has 0 saturated carbocycles. The quantitative estimate of drug-likeness (QED) is 0.327. The first-order valence-electron chi connectivity index (χ1n) is 12.8. The molecule has 1 aliphatic rings. The highest BCUT2D eigenvalue weighted by Crippen LogP contribution is 2.32. The van der Waals surface area contributed by atoms with Crippen molar-refractivity contribution in [3.05, 3.63) is 95.6 Å². The van der Waals surface area contributed by atoms with Crippen molar-refractivity contribution in [1.29, 1.82) is 0 Å². The second kappa shape index (κ2) is 10.8. The summed E-state index contributed by atoms with van der Waals surface area (Å²) in [7, 11) is -3.93. The minimum atomic E-state index is -3.93. The van der Waals surface area contributed by atoms with E-state index in [9.17, 15) is 8.42 Å². The van der Waals surface area contributed by atoms with Crippen molar-refractivity contribution in [3.63, 3.8) is 0 Å². The minimum absolute atomic E-state index is 0.0224. The maximum absolute atomic E-state index is 13.3. The molecule has 1 aromatic heterocycles. The Bertz CT molecular complexity index is 1540. The van der Waals surface area contributed by atoms with Crippen molar-refractivity contribution < 1.29 is 13.2 Å². The van der Waals surface area contributed by atoms with Crippen molar-refractivity contribution in [3.8, 4) is 17.1 Å². The number of anilines is 2. The summed E-state index contributed by atoms with van der Waals surface area (Å²) in [6.07, 6.45) is 1.56. The lowest BCUT2D eigenvalue weighted by Crippen LogP contribution is -2.29. The van der Waals surface area contributed by atoms with E-state index in [0.717, 1.165) is 28.8 Å². The van der Waals surface area contributed by atoms with Gasteiger partial charge in [0.05, 0.1) is 16.6 Å². The van der Waals surface area contributed by atoms with Gasteiger partial charge in [0.2, 0.25) is 11.8 Å². The zero-order valence-electron chi connectivity index (χ0n) is 21.8. The molecule has 0 unspecified atom stereocenters. The van der Waals surface area contributed by atoms with Gasteiger partial charge >= 0.3 is 0 Å². The molecule has 3 aromatic carbocycles. The standard InChI is InChI=1S/C30H32N4O3S/c1-20(2)15-25-19-37-28-18-27(29-21(3)9-7-12-23(29)16-22-10-5-4-6-11-22)32-30(33-28)34-38(35,36)26-14-8-13-24(17-26)31-25/h4-14,17-18,20,25,31H,15-16,19H2,1-3H3,(H,32,33,34)/t25-/m1/s1. The fourth-order valence-electron chi connectivity index (χ4n) is 4.82. The highest BCUT2D eigenvalue weighted by atomic mass is 32.2. The Kier molecular flexibility index (Phi) is 7.33. The summed E-state index contributed by atoms with van der Waals surface area (Å²) in [6.45, 7) is 6.70. The van der Waals surface area contributed by atoms with Crippen LogP contribution in [0.5, 0.6) is 5.88 Å². The molecule has 0 aliphatic carbocycles. The average Bonchev–Trinajstić information content (AvgIpc) is 2.87. The first-order valence-corrected chi connectivity index (χ1v) is 14.3. The number of benzene rings is 3. The molecule has 0 amide bonds. The minimum Gasteiger partial charge on any atom is -0.475 e. The zero-order chi connectivity index (χ0) is 26.7. The molecule has 1 atom stereocenters. The van der Waals surface area contributed by atoms with E-state index in [2.05, 4.69) is 52.1 Å². The van der Waals surface area contributed by atoms with Crippen LogP contribution in [0.15, 0.2) is 83.8 Å². The van der Waals surface area contributed by atoms with Crippen LogP contribution in [0.3, 0.4) is 0 Å². The van der Waals surface area contributed by atoms with Gasteiger partial charge in [0.25, 0.3) is 10.0 Å². The Morgan fingerprint density at radius 1 is 0.974 bits per heavy atom. The van der Waals surface area contributed by atoms with E-state index >= 15 is 0 Å². The molecule has 0 fully saturated rings. The molecule has 0 saturated heterocycles. The molecule has 8 heteroatoms. The monoisotopic (exact) mass is 528 g/mol. The first-order chi connectivity index (χ1) is 18.3. The summed E-state index contributed by atoms with van der Waals surface area (Å²) in [5.74, 6) is 0.716. The predicted octanol–water partition coefficient (Wildman–Crippen LogP) is 6.06. The van der Waals surface area contributed by atoms with Gasteiger partial charge in [-0.2, -0.15) is 4.98 Å². The molecule has 5 rings (SSSR count). The third-order valence-corrected chi connectivity index (χ3v) is 7.81. The molecule has 38 heavy (non-hydrogen) atoms. The number of hydrogen-bond donors (Lipinski definition) is 2. The maximum atomic E-state index is 13.3. The Morgan fingerprint density at radius 2 is 1.76 bits per heavy atom. The second-order valence-corrected chi connectivity index (χ2v) is 11.8. The van der Waals surface area contributed by atoms with E-state index in [0.29, 0.717) is 30.5 Å². The lowest BCUT2D eigenvalue weighted by Gasteiger charge is -2.23. The van der Waals surface area contributed by atoms with E-state index in [1.807, 2.05) is 43.3 Å². The van der Waals surface area contributed by atoms with Gasteiger partial charge in [-0.05, 0) is 60.6 Å². The van der Waals surface area contributed by atoms with Crippen molar-refractivity contribution in [2.75, 3.05) is 16.6 Å². The fourth-order valence-corrected chi connectivity index (χ4v) is 5.81. The number of fused-ring (bicyclic) bond motifs is 4. The van der Waals surface area contributed by atoms with Crippen LogP contribution in [0, 0.1) is 12.8 Å². The summed E-state index contributed by atoms with van der Waals surface area (Å²) < 4.78 is 35.4. The SMILES string of the molecule is Cc1cccc(Cc2ccccc2)c1-c1cc2nc(n1)NS(=O)(=O)c1cccc(c1)N[C@H](CC(C)C)CO2. The number of nitrogens with zero attached hydrogens (tertiary/aromatic N) is 2. The Morgan fingerprint density at radius 3 is 2.55 bits per heavy atom. The Balaban J connectivity index is 1.61. The van der Waals surface area contributed by atoms with Gasteiger partial charge in [0, 0.05) is 17.3 Å². The molecule has 0 spiro atoms. The molecular weight excluding hydrogens is 496 g/mol. The molecule has 196 valence electrons. The van der Waals surface area contributed by atoms with Crippen LogP contribution in [0.25, 0.3) is 11.3 Å². The van der Waals surface area contributed by atoms with Gasteiger partial charge in [-0.3, -0.25) is 0 Å². The number of ether oxygens (including phenoxy) is 1. The van der Waals surface area contributed by atoms with Gasteiger partial charge in [-0.15, -0.1) is 0 Å². The maximum Gasteiger partial charge on any atom is 0.264 e. The normalized spacial score (nSPS) is 16.4. The topological polar surface area (TPSA) is 93.2 Å². The third-order valence-electron chi connectivity index (χ3n) is 6.48. The zero-order valence-corrected chi connectivity index (χ0v) is 22.6. The first kappa shape index (κ1) is 25.7. The van der Waals surface area contributed by atoms with E-state index in [1.54, 1.807) is 24.3 Å². The van der Waals surface area contributed by atoms with Crippen LogP contribution in [-0.4, -0.2) is 31.0 Å². The smallest absolute Gasteiger partial charge is 0.264 e. The van der Waals surface area contributed by atoms with Gasteiger partial charge in [-0.25, -0.2) is 18.1 Å². The Labute approximate surface area is 224 Å². The van der Waals surface area contributed by atoms with Crippen molar-refractivity contribution in [2.24, 2.45) is 5.92 Å². The predicted molar refractivity (Wildman–Crippen MR) is 151 cm³/mol. The number of aromatic nitrogens is 2. The van der Waals surface area contributed by atoms with E-state index < -0.39 is 10.0 Å². The van der Waals surface area contributed by atoms with Gasteiger partial charge in [0.1, 0.15) is 6.61 Å². The number of nitrogens with one attached hydrogen (secondary N) is 2. The molecule has 4 aromatic rings. The summed E-state index contributed by atoms with van der Waals surface area (Å²) >= 11 is 0. The fraction of sp³-hybridized carbons (Fsp3) is 0.267. The van der Waals surface area contributed by atoms with Gasteiger partial charge in [-0.1, -0.05) is 68.4 Å². The number of hydrogen-bond acceptors (Lipinski definition) is 6. The lowest BCUT2D eigenvalue weighted by atomic mass is 9.94. The lowest BCUT2D eigenvalue weighted by molar-refractivity contribution is 0.271. The molecular formula is C30H32N4O3S. The van der Waals surface area contributed by atoms with Crippen molar-refractivity contribution >= 4 is 21.7 Å². The van der Waals surface area contributed by atoms with Crippen LogP contribution in [-0.2, 0) is 16.4 Å². The van der Waals surface area contributed by atoms with Crippen LogP contribution >= 0.6 is 0 Å². The van der Waals surface area contributed by atoms with Crippen LogP contribution in [0.1, 0.15) is 37.0 Å². The number of sulfonamides is 1. The van der Waals surface area contributed by atoms with Crippen LogP contribution in [0.2, 0.25) is 0 Å². The van der Waals surface area contributed by atoms with Crippen molar-refractivity contribution in [2.45, 2.75) is 44.6 Å². The summed E-state index contributed by atoms with van der Waals surface area (Å²) in [5.41, 5.74) is 5.56. The molecule has 2 N–H and O–H groups in total. The average molecular weight is 529 g/mol. The second-order valence-electron chi connectivity index (χ2n) is 10.1. The molecule has 2 heterocycles. The van der Waals surface area contributed by atoms with Crippen LogP contribution in [0.4, 0.5) is 11.6 Å². The van der Waals surface area contributed by atoms with E-state index in [4.69, 9.17) is 4.74 Å². The molecule has 4 bridgehead atoms. The van der Waals surface area contributed by atoms with Crippen molar-refractivity contribution in [1.82, 2.24) is 9.97 Å². The number of aryl methyl sites for hydroxylation is 1. The van der Waals surface area contributed by atoms with Gasteiger partial charge < -0.3 is 10.1 Å². The largest absolute Gasteiger partial charge is 0.475 e. The molecule has 0 radical (unpaired) electrons. The molecule has 7 nitrogen and oxygen atoms in total. The summed E-state index contributed by atoms with van der Waals surface area (Å²) in [6, 6.07) is 24.9. The Hall–Kier alpha value is -3.91. The van der Waals surface area contributed by atoms with E-state index in [-0.39, 0.29) is 16.9 Å². The third kappa shape index (κ3) is 5.97. The summed E-state index contributed by atoms with van der Waals surface area (Å²) in [4.78, 5) is 9.25. The van der Waals surface area contributed by atoms with Gasteiger partial charge in [0.15, 0.2) is 0 Å². The highest BCUT2D eigenvalue weighted by molar-refractivity contribution is 7.92. The summed E-state index contributed by atoms with van der Waals surface area (Å²) in [5, 5.41) is 3.44. The highest BCUT2D eigenvalue weighted by Gasteiger charge is 2.22. The number of rotatable bonds is 5. The molecule has 1 aliphatic heterocycles. The van der Waals surface area contributed by atoms with E-state index in [1.165, 1.54) is 5.56 Å². The van der Waals surface area contributed by atoms with Crippen LogP contribution < -0.4 is 14.8 Å².